The minimum atomic E-state index is -3.23. The van der Waals surface area contributed by atoms with Crippen LogP contribution in [0, 0.1) is 0 Å². The summed E-state index contributed by atoms with van der Waals surface area (Å²) in [7, 11) is -3.23. The number of guanidine groups is 1. The van der Waals surface area contributed by atoms with E-state index in [1.807, 2.05) is 32.5 Å². The third kappa shape index (κ3) is 10.1. The first-order valence-electron chi connectivity index (χ1n) is 7.33. The molecule has 1 atom stereocenters. The van der Waals surface area contributed by atoms with Crippen molar-refractivity contribution in [3.63, 3.8) is 0 Å². The van der Waals surface area contributed by atoms with Crippen molar-refractivity contribution in [2.75, 3.05) is 30.9 Å². The summed E-state index contributed by atoms with van der Waals surface area (Å²) in [5.74, 6) is 3.08. The van der Waals surface area contributed by atoms with Crippen molar-refractivity contribution in [2.24, 2.45) is 4.99 Å². The summed E-state index contributed by atoms with van der Waals surface area (Å²) < 4.78 is 25.3. The molecule has 1 rings (SSSR count). The lowest BCUT2D eigenvalue weighted by atomic mass is 10.1. The highest BCUT2D eigenvalue weighted by Gasteiger charge is 2.22. The molecule has 6 nitrogen and oxygen atoms in total. The van der Waals surface area contributed by atoms with E-state index in [0.29, 0.717) is 12.6 Å². The summed E-state index contributed by atoms with van der Waals surface area (Å²) >= 11 is 1.96. The number of thioether (sulfide) groups is 1. The van der Waals surface area contributed by atoms with Crippen LogP contribution in [-0.2, 0) is 10.0 Å². The maximum absolute atomic E-state index is 11.3. The van der Waals surface area contributed by atoms with Gasteiger partial charge in [-0.1, -0.05) is 0 Å². The molecule has 0 spiro atoms. The molecule has 1 unspecified atom stereocenters. The van der Waals surface area contributed by atoms with Crippen molar-refractivity contribution < 1.29 is 8.42 Å². The summed E-state index contributed by atoms with van der Waals surface area (Å²) in [5.41, 5.74) is -0.600. The number of aliphatic imine (C=N–C) groups is 1. The Balaban J connectivity index is 0.00000441. The third-order valence-corrected chi connectivity index (χ3v) is 5.08. The molecule has 0 radical (unpaired) electrons. The molecule has 22 heavy (non-hydrogen) atoms. The van der Waals surface area contributed by atoms with Gasteiger partial charge in [0.25, 0.3) is 0 Å². The van der Waals surface area contributed by atoms with Crippen LogP contribution in [0.1, 0.15) is 33.6 Å². The fraction of sp³-hybridized carbons (Fsp3) is 0.923. The van der Waals surface area contributed by atoms with Gasteiger partial charge in [0.2, 0.25) is 10.0 Å². The molecule has 1 fully saturated rings. The molecule has 132 valence electrons. The minimum Gasteiger partial charge on any atom is -0.357 e. The van der Waals surface area contributed by atoms with E-state index < -0.39 is 15.6 Å². The van der Waals surface area contributed by atoms with Crippen molar-refractivity contribution >= 4 is 51.7 Å². The Morgan fingerprint density at radius 2 is 2.09 bits per heavy atom. The second kappa shape index (κ2) is 10.2. The first-order chi connectivity index (χ1) is 9.72. The lowest BCUT2D eigenvalue weighted by molar-refractivity contribution is 0.463. The highest BCUT2D eigenvalue weighted by atomic mass is 127. The van der Waals surface area contributed by atoms with Crippen LogP contribution in [0.5, 0.6) is 0 Å². The molecule has 1 aliphatic heterocycles. The maximum Gasteiger partial charge on any atom is 0.209 e. The molecule has 1 aliphatic rings. The number of nitrogens with one attached hydrogen (secondary N) is 3. The van der Waals surface area contributed by atoms with Gasteiger partial charge in [0.15, 0.2) is 5.96 Å². The van der Waals surface area contributed by atoms with Crippen LogP contribution in [0.4, 0.5) is 0 Å². The van der Waals surface area contributed by atoms with Crippen molar-refractivity contribution in [1.29, 1.82) is 0 Å². The van der Waals surface area contributed by atoms with Crippen LogP contribution < -0.4 is 15.4 Å². The van der Waals surface area contributed by atoms with Gasteiger partial charge in [-0.25, -0.2) is 13.1 Å². The second-order valence-electron chi connectivity index (χ2n) is 6.01. The zero-order chi connectivity index (χ0) is 15.9. The van der Waals surface area contributed by atoms with Gasteiger partial charge in [-0.2, -0.15) is 11.8 Å². The number of halogens is 1. The number of hydrogen-bond donors (Lipinski definition) is 3. The van der Waals surface area contributed by atoms with Crippen LogP contribution in [-0.4, -0.2) is 56.8 Å². The lowest BCUT2D eigenvalue weighted by Gasteiger charge is -2.26. The first kappa shape index (κ1) is 22.3. The first-order valence-corrected chi connectivity index (χ1v) is 10.4. The largest absolute Gasteiger partial charge is 0.357 e. The lowest BCUT2D eigenvalue weighted by Crippen LogP contribution is -2.48. The average Bonchev–Trinajstić information content (AvgIpc) is 2.35. The SMILES string of the molecule is CCNC(=NCC(C)(C)NS(C)(=O)=O)NC1CCCSC1.I. The van der Waals surface area contributed by atoms with E-state index in [1.54, 1.807) is 0 Å². The smallest absolute Gasteiger partial charge is 0.209 e. The fourth-order valence-electron chi connectivity index (χ4n) is 2.18. The molecule has 0 amide bonds. The molecule has 0 bridgehead atoms. The van der Waals surface area contributed by atoms with Crippen molar-refractivity contribution in [1.82, 2.24) is 15.4 Å². The van der Waals surface area contributed by atoms with E-state index in [1.165, 1.54) is 18.4 Å². The molecule has 0 aromatic heterocycles. The molecule has 1 saturated heterocycles. The predicted octanol–water partition coefficient (Wildman–Crippen LogP) is 1.38. The fourth-order valence-corrected chi connectivity index (χ4v) is 4.32. The van der Waals surface area contributed by atoms with Gasteiger partial charge in [-0.3, -0.25) is 4.99 Å². The normalized spacial score (nSPS) is 20.2. The van der Waals surface area contributed by atoms with Gasteiger partial charge in [-0.05, 0) is 39.4 Å². The molecule has 0 saturated carbocycles. The van der Waals surface area contributed by atoms with Gasteiger partial charge >= 0.3 is 0 Å². The Labute approximate surface area is 156 Å². The Kier molecular flexibility index (Phi) is 10.3. The summed E-state index contributed by atoms with van der Waals surface area (Å²) in [5, 5.41) is 6.65. The number of nitrogens with zero attached hydrogens (tertiary/aromatic N) is 1. The summed E-state index contributed by atoms with van der Waals surface area (Å²) in [6.45, 7) is 6.85. The van der Waals surface area contributed by atoms with Gasteiger partial charge < -0.3 is 10.6 Å². The molecule has 0 aromatic carbocycles. The van der Waals surface area contributed by atoms with Crippen LogP contribution in [0.2, 0.25) is 0 Å². The number of sulfonamides is 1. The van der Waals surface area contributed by atoms with Crippen LogP contribution in [0.25, 0.3) is 0 Å². The van der Waals surface area contributed by atoms with E-state index in [0.717, 1.165) is 24.7 Å². The zero-order valence-corrected chi connectivity index (χ0v) is 17.8. The zero-order valence-electron chi connectivity index (χ0n) is 13.8. The monoisotopic (exact) mass is 464 g/mol. The molecule has 3 N–H and O–H groups in total. The summed E-state index contributed by atoms with van der Waals surface area (Å²) in [6.07, 6.45) is 3.55. The Morgan fingerprint density at radius 3 is 2.59 bits per heavy atom. The van der Waals surface area contributed by atoms with Gasteiger partial charge in [0, 0.05) is 23.9 Å². The Hall–Kier alpha value is 0.260. The van der Waals surface area contributed by atoms with E-state index in [2.05, 4.69) is 20.3 Å². The number of hydrogen-bond acceptors (Lipinski definition) is 4. The molecule has 0 aromatic rings. The topological polar surface area (TPSA) is 82.6 Å². The van der Waals surface area contributed by atoms with Gasteiger partial charge in [-0.15, -0.1) is 24.0 Å². The van der Waals surface area contributed by atoms with Gasteiger partial charge in [0.05, 0.1) is 12.8 Å². The highest BCUT2D eigenvalue weighted by molar-refractivity contribution is 14.0. The molecule has 0 aliphatic carbocycles. The molecule has 1 heterocycles. The van der Waals surface area contributed by atoms with Gasteiger partial charge in [0.1, 0.15) is 0 Å². The summed E-state index contributed by atoms with van der Waals surface area (Å²) in [4.78, 5) is 4.52. The standard InChI is InChI=1S/C13H28N4O2S2.HI/c1-5-14-12(16-11-7-6-8-20-9-11)15-10-13(2,3)17-21(4,18)19;/h11,17H,5-10H2,1-4H3,(H2,14,15,16);1H. The number of rotatable bonds is 6. The van der Waals surface area contributed by atoms with Crippen molar-refractivity contribution in [3.8, 4) is 0 Å². The van der Waals surface area contributed by atoms with Crippen LogP contribution in [0.3, 0.4) is 0 Å². The summed E-state index contributed by atoms with van der Waals surface area (Å²) in [6, 6.07) is 0.438. The van der Waals surface area contributed by atoms with Crippen LogP contribution in [0.15, 0.2) is 4.99 Å². The van der Waals surface area contributed by atoms with E-state index in [-0.39, 0.29) is 24.0 Å². The van der Waals surface area contributed by atoms with E-state index in [9.17, 15) is 8.42 Å². The maximum atomic E-state index is 11.3. The quantitative estimate of drug-likeness (QED) is 0.315. The van der Waals surface area contributed by atoms with E-state index in [4.69, 9.17) is 0 Å². The predicted molar refractivity (Wildman–Crippen MR) is 107 cm³/mol. The van der Waals surface area contributed by atoms with E-state index >= 15 is 0 Å². The van der Waals surface area contributed by atoms with Crippen molar-refractivity contribution in [2.45, 2.75) is 45.2 Å². The van der Waals surface area contributed by atoms with Crippen molar-refractivity contribution in [3.05, 3.63) is 0 Å². The minimum absolute atomic E-state index is 0. The molecular formula is C13H29IN4O2S2. The molecule has 9 heteroatoms. The molecular weight excluding hydrogens is 435 g/mol. The highest BCUT2D eigenvalue weighted by Crippen LogP contribution is 2.16. The van der Waals surface area contributed by atoms with Crippen LogP contribution >= 0.6 is 35.7 Å². The Morgan fingerprint density at radius 1 is 1.41 bits per heavy atom. The average molecular weight is 464 g/mol. The Bertz CT molecular complexity index is 449. The second-order valence-corrected chi connectivity index (χ2v) is 8.91. The third-order valence-electron chi connectivity index (χ3n) is 2.94.